The number of anilines is 1. The third-order valence-corrected chi connectivity index (χ3v) is 3.66. The molecule has 0 saturated heterocycles. The summed E-state index contributed by atoms with van der Waals surface area (Å²) < 4.78 is 20.2. The van der Waals surface area contributed by atoms with E-state index in [-0.39, 0.29) is 6.04 Å². The van der Waals surface area contributed by atoms with Crippen molar-refractivity contribution in [2.24, 2.45) is 0 Å². The third kappa shape index (κ3) is 4.01. The molecule has 0 unspecified atom stereocenters. The molecule has 0 aliphatic carbocycles. The maximum Gasteiger partial charge on any atom is 0.340 e. The molecule has 0 fully saturated rings. The zero-order valence-electron chi connectivity index (χ0n) is 14.2. The number of aryl methyl sites for hydroxylation is 1. The number of esters is 1. The highest BCUT2D eigenvalue weighted by atomic mass is 19.1. The van der Waals surface area contributed by atoms with Gasteiger partial charge in [0.05, 0.1) is 5.56 Å². The summed E-state index contributed by atoms with van der Waals surface area (Å²) >= 11 is 0. The summed E-state index contributed by atoms with van der Waals surface area (Å²) in [6.45, 7) is 7.39. The van der Waals surface area contributed by atoms with Crippen LogP contribution in [0.25, 0.3) is 0 Å². The summed E-state index contributed by atoms with van der Waals surface area (Å²) in [7, 11) is 0. The zero-order chi connectivity index (χ0) is 17.9. The van der Waals surface area contributed by atoms with Crippen LogP contribution in [-0.2, 0) is 9.53 Å². The Labute approximate surface area is 140 Å². The summed E-state index contributed by atoms with van der Waals surface area (Å²) in [6, 6.07) is 7.48. The summed E-state index contributed by atoms with van der Waals surface area (Å²) in [4.78, 5) is 24.0. The van der Waals surface area contributed by atoms with Gasteiger partial charge in [0.25, 0.3) is 5.91 Å². The van der Waals surface area contributed by atoms with Crippen molar-refractivity contribution in [3.63, 3.8) is 0 Å². The first-order chi connectivity index (χ1) is 11.3. The molecule has 0 saturated carbocycles. The van der Waals surface area contributed by atoms with E-state index in [2.05, 4.69) is 5.32 Å². The molecule has 1 amide bonds. The van der Waals surface area contributed by atoms with Crippen molar-refractivity contribution in [1.29, 1.82) is 0 Å². The van der Waals surface area contributed by atoms with Gasteiger partial charge in [-0.05, 0) is 52.0 Å². The van der Waals surface area contributed by atoms with Gasteiger partial charge in [-0.2, -0.15) is 0 Å². The standard InChI is InChI=1S/C18H21FN2O3/c1-11(2)21-12(3)8-16(13(21)4)18(23)24-10-17(22)20-15-7-5-6-14(19)9-15/h5-9,11H,10H2,1-4H3,(H,20,22). The van der Waals surface area contributed by atoms with Crippen molar-refractivity contribution in [3.8, 4) is 0 Å². The van der Waals surface area contributed by atoms with Crippen LogP contribution in [0.2, 0.25) is 0 Å². The van der Waals surface area contributed by atoms with Crippen LogP contribution in [0.15, 0.2) is 30.3 Å². The summed E-state index contributed by atoms with van der Waals surface area (Å²) in [5.74, 6) is -1.53. The monoisotopic (exact) mass is 332 g/mol. The molecule has 1 heterocycles. The van der Waals surface area contributed by atoms with Gasteiger partial charge in [-0.3, -0.25) is 4.79 Å². The van der Waals surface area contributed by atoms with E-state index in [1.165, 1.54) is 18.2 Å². The molecule has 2 aromatic rings. The van der Waals surface area contributed by atoms with Crippen molar-refractivity contribution < 1.29 is 18.7 Å². The predicted octanol–water partition coefficient (Wildman–Crippen LogP) is 3.62. The molecule has 1 aromatic heterocycles. The molecule has 0 atom stereocenters. The van der Waals surface area contributed by atoms with Crippen molar-refractivity contribution in [2.45, 2.75) is 33.7 Å². The summed E-state index contributed by atoms with van der Waals surface area (Å²) in [5.41, 5.74) is 2.52. The SMILES string of the molecule is Cc1cc(C(=O)OCC(=O)Nc2cccc(F)c2)c(C)n1C(C)C. The maximum atomic E-state index is 13.1. The van der Waals surface area contributed by atoms with Crippen molar-refractivity contribution in [1.82, 2.24) is 4.57 Å². The van der Waals surface area contributed by atoms with Crippen LogP contribution in [0.3, 0.4) is 0 Å². The fourth-order valence-electron chi connectivity index (χ4n) is 2.75. The lowest BCUT2D eigenvalue weighted by Crippen LogP contribution is -2.21. The largest absolute Gasteiger partial charge is 0.452 e. The van der Waals surface area contributed by atoms with Gasteiger partial charge in [-0.1, -0.05) is 6.07 Å². The molecule has 0 aliphatic heterocycles. The van der Waals surface area contributed by atoms with Crippen molar-refractivity contribution in [3.05, 3.63) is 53.1 Å². The fourth-order valence-corrected chi connectivity index (χ4v) is 2.75. The first kappa shape index (κ1) is 17.7. The predicted molar refractivity (Wildman–Crippen MR) is 89.6 cm³/mol. The minimum Gasteiger partial charge on any atom is -0.452 e. The van der Waals surface area contributed by atoms with Crippen molar-refractivity contribution in [2.75, 3.05) is 11.9 Å². The second-order valence-corrected chi connectivity index (χ2v) is 5.88. The topological polar surface area (TPSA) is 60.3 Å². The quantitative estimate of drug-likeness (QED) is 0.851. The molecule has 0 radical (unpaired) electrons. The number of halogens is 1. The number of nitrogens with one attached hydrogen (secondary N) is 1. The van der Waals surface area contributed by atoms with Crippen LogP contribution in [-0.4, -0.2) is 23.1 Å². The van der Waals surface area contributed by atoms with E-state index in [0.29, 0.717) is 11.3 Å². The molecule has 6 heteroatoms. The molecule has 1 N–H and O–H groups in total. The second kappa shape index (κ2) is 7.29. The van der Waals surface area contributed by atoms with E-state index in [4.69, 9.17) is 4.74 Å². The Balaban J connectivity index is 1.98. The van der Waals surface area contributed by atoms with Gasteiger partial charge in [-0.15, -0.1) is 0 Å². The van der Waals surface area contributed by atoms with Gasteiger partial charge < -0.3 is 14.6 Å². The molecular weight excluding hydrogens is 311 g/mol. The Morgan fingerprint density at radius 3 is 2.54 bits per heavy atom. The fraction of sp³-hybridized carbons (Fsp3) is 0.333. The first-order valence-electron chi connectivity index (χ1n) is 7.70. The molecule has 0 bridgehead atoms. The molecule has 128 valence electrons. The van der Waals surface area contributed by atoms with Crippen molar-refractivity contribution >= 4 is 17.6 Å². The molecular formula is C18H21FN2O3. The molecule has 5 nitrogen and oxygen atoms in total. The number of amides is 1. The lowest BCUT2D eigenvalue weighted by Gasteiger charge is -2.13. The van der Waals surface area contributed by atoms with Gasteiger partial charge in [-0.25, -0.2) is 9.18 Å². The molecule has 24 heavy (non-hydrogen) atoms. The number of aromatic nitrogens is 1. The van der Waals surface area contributed by atoms with Gasteiger partial charge in [0.15, 0.2) is 6.61 Å². The van der Waals surface area contributed by atoms with E-state index in [1.807, 2.05) is 32.3 Å². The molecule has 0 spiro atoms. The van der Waals surface area contributed by atoms with Gasteiger partial charge in [0.1, 0.15) is 5.82 Å². The van der Waals surface area contributed by atoms with E-state index >= 15 is 0 Å². The summed E-state index contributed by atoms with van der Waals surface area (Å²) in [5, 5.41) is 2.48. The Bertz CT molecular complexity index is 766. The Morgan fingerprint density at radius 1 is 1.25 bits per heavy atom. The normalized spacial score (nSPS) is 10.8. The number of hydrogen-bond donors (Lipinski definition) is 1. The van der Waals surface area contributed by atoms with Gasteiger partial charge in [0.2, 0.25) is 0 Å². The smallest absolute Gasteiger partial charge is 0.340 e. The van der Waals surface area contributed by atoms with Crippen LogP contribution >= 0.6 is 0 Å². The number of benzene rings is 1. The Hall–Kier alpha value is -2.63. The highest BCUT2D eigenvalue weighted by Gasteiger charge is 2.19. The average molecular weight is 332 g/mol. The van der Waals surface area contributed by atoms with E-state index in [1.54, 1.807) is 12.1 Å². The highest BCUT2D eigenvalue weighted by Crippen LogP contribution is 2.20. The Morgan fingerprint density at radius 2 is 1.96 bits per heavy atom. The van der Waals surface area contributed by atoms with Crippen LogP contribution in [0.1, 0.15) is 41.6 Å². The number of rotatable bonds is 5. The highest BCUT2D eigenvalue weighted by molar-refractivity contribution is 5.96. The van der Waals surface area contributed by atoms with E-state index in [9.17, 15) is 14.0 Å². The number of ether oxygens (including phenoxy) is 1. The third-order valence-electron chi connectivity index (χ3n) is 3.66. The number of carbonyl (C=O) groups is 2. The minimum absolute atomic E-state index is 0.225. The second-order valence-electron chi connectivity index (χ2n) is 5.88. The molecule has 0 aliphatic rings. The van der Waals surface area contributed by atoms with Crippen LogP contribution in [0, 0.1) is 19.7 Å². The summed E-state index contributed by atoms with van der Waals surface area (Å²) in [6.07, 6.45) is 0. The van der Waals surface area contributed by atoms with Crippen LogP contribution < -0.4 is 5.32 Å². The van der Waals surface area contributed by atoms with Gasteiger partial charge in [0, 0.05) is 23.1 Å². The Kier molecular flexibility index (Phi) is 5.39. The van der Waals surface area contributed by atoms with E-state index < -0.39 is 24.3 Å². The molecule has 2 rings (SSSR count). The first-order valence-corrected chi connectivity index (χ1v) is 7.70. The average Bonchev–Trinajstić information content (AvgIpc) is 2.79. The minimum atomic E-state index is -0.551. The number of carbonyl (C=O) groups excluding carboxylic acids is 2. The van der Waals surface area contributed by atoms with Crippen LogP contribution in [0.5, 0.6) is 0 Å². The number of hydrogen-bond acceptors (Lipinski definition) is 3. The lowest BCUT2D eigenvalue weighted by molar-refractivity contribution is -0.119. The van der Waals surface area contributed by atoms with Crippen LogP contribution in [0.4, 0.5) is 10.1 Å². The number of nitrogens with zero attached hydrogens (tertiary/aromatic N) is 1. The lowest BCUT2D eigenvalue weighted by atomic mass is 10.2. The zero-order valence-corrected chi connectivity index (χ0v) is 14.2. The maximum absolute atomic E-state index is 13.1. The van der Waals surface area contributed by atoms with Gasteiger partial charge >= 0.3 is 5.97 Å². The van der Waals surface area contributed by atoms with E-state index in [0.717, 1.165) is 11.4 Å². The molecule has 1 aromatic carbocycles.